The molecule has 12 aromatic carbocycles. The predicted molar refractivity (Wildman–Crippen MR) is 342 cm³/mol. The van der Waals surface area contributed by atoms with Gasteiger partial charge < -0.3 is 19.6 Å². The molecule has 0 amide bonds. The van der Waals surface area contributed by atoms with E-state index in [1.165, 1.54) is 65.1 Å². The van der Waals surface area contributed by atoms with Crippen molar-refractivity contribution in [1.82, 2.24) is 0 Å². The Labute approximate surface area is 470 Å². The summed E-state index contributed by atoms with van der Waals surface area (Å²) in [5, 5.41) is 5.63. The van der Waals surface area contributed by atoms with Crippen molar-refractivity contribution in [2.75, 3.05) is 19.6 Å². The predicted octanol–water partition coefficient (Wildman–Crippen LogP) is 14.7. The van der Waals surface area contributed by atoms with Gasteiger partial charge in [0, 0.05) is 62.6 Å². The molecule has 15 rings (SSSR count). The van der Waals surface area contributed by atoms with E-state index in [1.807, 2.05) is 0 Å². The van der Waals surface area contributed by atoms with E-state index in [0.717, 1.165) is 62.6 Å². The molecular weight excluding hydrogens is 984 g/mol. The number of rotatable bonds is 10. The van der Waals surface area contributed by atoms with Crippen molar-refractivity contribution in [2.45, 2.75) is 13.8 Å². The molecule has 6 heteroatoms. The lowest BCUT2D eigenvalue weighted by Gasteiger charge is -2.46. The minimum Gasteiger partial charge on any atom is -0.311 e. The molecule has 0 N–H and O–H groups in total. The third-order valence-electron chi connectivity index (χ3n) is 16.8. The minimum absolute atomic E-state index is 0.161. The molecule has 3 heterocycles. The molecule has 378 valence electrons. The van der Waals surface area contributed by atoms with Gasteiger partial charge in [-0.15, -0.1) is 0 Å². The number of benzene rings is 12. The van der Waals surface area contributed by atoms with Gasteiger partial charge in [-0.3, -0.25) is 0 Å². The van der Waals surface area contributed by atoms with Crippen molar-refractivity contribution < 1.29 is 0 Å². The van der Waals surface area contributed by atoms with Crippen molar-refractivity contribution in [3.8, 4) is 11.1 Å². The van der Waals surface area contributed by atoms with Gasteiger partial charge in [0.15, 0.2) is 8.07 Å². The van der Waals surface area contributed by atoms with E-state index < -0.39 is 8.07 Å². The molecule has 0 aromatic heterocycles. The average Bonchev–Trinajstić information content (AvgIpc) is 3.43. The fourth-order valence-corrected chi connectivity index (χ4v) is 18.7. The molecule has 0 saturated heterocycles. The lowest BCUT2D eigenvalue weighted by atomic mass is 9.33. The second-order valence-corrected chi connectivity index (χ2v) is 25.1. The number of anilines is 12. The van der Waals surface area contributed by atoms with Crippen LogP contribution in [0.15, 0.2) is 297 Å². The monoisotopic (exact) mass is 1040 g/mol. The van der Waals surface area contributed by atoms with Gasteiger partial charge in [0.1, 0.15) is 0 Å². The summed E-state index contributed by atoms with van der Waals surface area (Å²) in [6.07, 6.45) is 0. The van der Waals surface area contributed by atoms with Crippen LogP contribution in [0.2, 0.25) is 0 Å². The minimum atomic E-state index is -2.93. The Morgan fingerprint density at radius 1 is 0.312 bits per heavy atom. The number of aryl methyl sites for hydroxylation is 2. The van der Waals surface area contributed by atoms with Crippen LogP contribution in [0.4, 0.5) is 68.2 Å². The summed E-state index contributed by atoms with van der Waals surface area (Å²) >= 11 is 0. The van der Waals surface area contributed by atoms with Crippen LogP contribution in [0.25, 0.3) is 11.1 Å². The number of nitrogens with zero attached hydrogens (tertiary/aromatic N) is 4. The number of para-hydroxylation sites is 5. The highest BCUT2D eigenvalue weighted by Crippen LogP contribution is 2.50. The van der Waals surface area contributed by atoms with Crippen LogP contribution >= 0.6 is 0 Å². The van der Waals surface area contributed by atoms with Crippen LogP contribution in [0.5, 0.6) is 0 Å². The number of fused-ring (bicyclic) bond motifs is 7. The van der Waals surface area contributed by atoms with E-state index in [4.69, 9.17) is 0 Å². The molecule has 4 nitrogen and oxygen atoms in total. The smallest absolute Gasteiger partial charge is 0.252 e. The first-order valence-electron chi connectivity index (χ1n) is 27.8. The van der Waals surface area contributed by atoms with Crippen LogP contribution in [-0.2, 0) is 0 Å². The van der Waals surface area contributed by atoms with Gasteiger partial charge in [-0.1, -0.05) is 206 Å². The Bertz CT molecular complexity index is 4160. The molecule has 0 atom stereocenters. The fraction of sp³-hybridized carbons (Fsp3) is 0.0270. The third-order valence-corrected chi connectivity index (χ3v) is 21.7. The Balaban J connectivity index is 1.10. The van der Waals surface area contributed by atoms with Gasteiger partial charge >= 0.3 is 0 Å². The summed E-state index contributed by atoms with van der Waals surface area (Å²) in [5.41, 5.74) is 22.3. The van der Waals surface area contributed by atoms with Crippen molar-refractivity contribution in [3.63, 3.8) is 0 Å². The number of hydrogen-bond acceptors (Lipinski definition) is 4. The molecular formula is C74H55BN4Si. The summed E-state index contributed by atoms with van der Waals surface area (Å²) in [5.74, 6) is 0. The van der Waals surface area contributed by atoms with Gasteiger partial charge in [-0.25, -0.2) is 0 Å². The molecule has 3 aliphatic heterocycles. The zero-order valence-electron chi connectivity index (χ0n) is 44.7. The lowest BCUT2D eigenvalue weighted by Crippen LogP contribution is -2.73. The zero-order chi connectivity index (χ0) is 53.3. The second-order valence-electron chi connectivity index (χ2n) is 21.4. The van der Waals surface area contributed by atoms with Gasteiger partial charge in [-0.05, 0) is 165 Å². The van der Waals surface area contributed by atoms with E-state index >= 15 is 0 Å². The second kappa shape index (κ2) is 19.2. The van der Waals surface area contributed by atoms with Gasteiger partial charge in [-0.2, -0.15) is 0 Å². The quantitative estimate of drug-likeness (QED) is 0.127. The SMILES string of the molecule is Cc1ccc(N2c3cc4c(cc3B3c5ccc(N(c6ccccc6)c6ccccc6)cc5N(c5ccccc5)c5cc(N(c6ccccc6)c6ccccc6)cc2c53)[Si](c2ccccc2)(c2ccccc2)c2ccccc2-4)c(C)c1. The van der Waals surface area contributed by atoms with E-state index in [9.17, 15) is 0 Å². The molecule has 0 fully saturated rings. The highest BCUT2D eigenvalue weighted by atomic mass is 28.3. The fourth-order valence-electron chi connectivity index (χ4n) is 13.5. The summed E-state index contributed by atoms with van der Waals surface area (Å²) in [7, 11) is -2.93. The van der Waals surface area contributed by atoms with Crippen LogP contribution in [0, 0.1) is 13.8 Å². The third kappa shape index (κ3) is 7.44. The van der Waals surface area contributed by atoms with Crippen LogP contribution in [-0.4, -0.2) is 14.8 Å². The first kappa shape index (κ1) is 47.3. The van der Waals surface area contributed by atoms with Gasteiger partial charge in [0.25, 0.3) is 6.71 Å². The molecule has 0 radical (unpaired) electrons. The van der Waals surface area contributed by atoms with Crippen molar-refractivity contribution in [1.29, 1.82) is 0 Å². The lowest BCUT2D eigenvalue weighted by molar-refractivity contribution is 1.21. The molecule has 0 bridgehead atoms. The normalized spacial score (nSPS) is 13.2. The summed E-state index contributed by atoms with van der Waals surface area (Å²) in [6, 6.07) is 111. The average molecular weight is 1040 g/mol. The first-order chi connectivity index (χ1) is 39.5. The maximum absolute atomic E-state index is 2.93. The van der Waals surface area contributed by atoms with Gasteiger partial charge in [0.05, 0.1) is 5.69 Å². The largest absolute Gasteiger partial charge is 0.311 e. The Morgan fingerprint density at radius 2 is 0.775 bits per heavy atom. The Kier molecular flexibility index (Phi) is 11.4. The Hall–Kier alpha value is -9.88. The first-order valence-corrected chi connectivity index (χ1v) is 29.8. The molecule has 3 aliphatic rings. The summed E-state index contributed by atoms with van der Waals surface area (Å²) < 4.78 is 0. The maximum Gasteiger partial charge on any atom is 0.252 e. The zero-order valence-corrected chi connectivity index (χ0v) is 45.7. The molecule has 12 aromatic rings. The van der Waals surface area contributed by atoms with E-state index in [1.54, 1.807) is 0 Å². The topological polar surface area (TPSA) is 13.0 Å². The van der Waals surface area contributed by atoms with Crippen molar-refractivity contribution in [2.24, 2.45) is 0 Å². The molecule has 0 spiro atoms. The molecule has 0 aliphatic carbocycles. The van der Waals surface area contributed by atoms with E-state index in [0.29, 0.717) is 0 Å². The van der Waals surface area contributed by atoms with Crippen LogP contribution in [0.1, 0.15) is 11.1 Å². The maximum atomic E-state index is 2.69. The summed E-state index contributed by atoms with van der Waals surface area (Å²) in [4.78, 5) is 10.0. The van der Waals surface area contributed by atoms with Crippen LogP contribution in [0.3, 0.4) is 0 Å². The Morgan fingerprint density at radius 3 is 1.32 bits per heavy atom. The summed E-state index contributed by atoms with van der Waals surface area (Å²) in [6.45, 7) is 4.33. The van der Waals surface area contributed by atoms with Crippen molar-refractivity contribution >= 4 is 120 Å². The highest BCUT2D eigenvalue weighted by molar-refractivity contribution is 7.22. The van der Waals surface area contributed by atoms with E-state index in [-0.39, 0.29) is 6.71 Å². The molecule has 0 saturated carbocycles. The standard InChI is InChI=1S/C74H55BN4Si/c1-52-42-45-67(53(2)46-52)79-69-50-64-63-40-24-25-41-72(63)80(61-36-20-8-21-37-61,62-38-22-9-23-39-62)73(64)51-66(69)75-65-44-43-59(76(54-26-10-3-11-27-54)55-28-12-4-13-29-55)47-68(65)78(58-34-18-7-19-35-58)70-48-60(49-71(79)74(70)75)77(56-30-14-5-15-31-56)57-32-16-6-17-33-57/h3-51H,1-2H3. The highest BCUT2D eigenvalue weighted by Gasteiger charge is 2.52. The number of hydrogen-bond donors (Lipinski definition) is 0. The van der Waals surface area contributed by atoms with Crippen LogP contribution < -0.4 is 56.7 Å². The van der Waals surface area contributed by atoms with E-state index in [2.05, 4.69) is 331 Å². The van der Waals surface area contributed by atoms with Gasteiger partial charge in [0.2, 0.25) is 0 Å². The van der Waals surface area contributed by atoms with Crippen molar-refractivity contribution in [3.05, 3.63) is 308 Å². The molecule has 0 unspecified atom stereocenters. The molecule has 80 heavy (non-hydrogen) atoms.